The predicted molar refractivity (Wildman–Crippen MR) is 81.9 cm³/mol. The molecule has 1 aliphatic rings. The molecular formula is C16H24BrN. The Hall–Kier alpha value is -0.340. The second kappa shape index (κ2) is 5.75. The van der Waals surface area contributed by atoms with Crippen LogP contribution in [0.3, 0.4) is 0 Å². The molecule has 0 saturated heterocycles. The van der Waals surface area contributed by atoms with Crippen LogP contribution in [0.4, 0.5) is 0 Å². The standard InChI is InChI=1S/C16H24BrN/c1-10-6-5-7-13(10)16(18-4)14-8-12(3)15(17)9-11(14)2/h8-10,13,16,18H,5-7H2,1-4H3. The maximum atomic E-state index is 3.63. The van der Waals surface area contributed by atoms with Gasteiger partial charge in [0.15, 0.2) is 0 Å². The molecule has 0 aromatic heterocycles. The largest absolute Gasteiger partial charge is 0.313 e. The summed E-state index contributed by atoms with van der Waals surface area (Å²) in [6.07, 6.45) is 4.14. The molecule has 0 heterocycles. The van der Waals surface area contributed by atoms with Crippen LogP contribution < -0.4 is 5.32 Å². The molecule has 0 amide bonds. The van der Waals surface area contributed by atoms with Gasteiger partial charge in [-0.25, -0.2) is 0 Å². The lowest BCUT2D eigenvalue weighted by Gasteiger charge is -2.29. The zero-order chi connectivity index (χ0) is 13.3. The van der Waals surface area contributed by atoms with Gasteiger partial charge in [0.1, 0.15) is 0 Å². The van der Waals surface area contributed by atoms with Gasteiger partial charge >= 0.3 is 0 Å². The molecule has 18 heavy (non-hydrogen) atoms. The van der Waals surface area contributed by atoms with Crippen molar-refractivity contribution in [2.45, 2.75) is 46.1 Å². The quantitative estimate of drug-likeness (QED) is 0.848. The maximum Gasteiger partial charge on any atom is 0.0351 e. The van der Waals surface area contributed by atoms with Gasteiger partial charge in [-0.15, -0.1) is 0 Å². The molecule has 2 heteroatoms. The first-order chi connectivity index (χ1) is 8.54. The van der Waals surface area contributed by atoms with Crippen LogP contribution in [0.1, 0.15) is 48.9 Å². The van der Waals surface area contributed by atoms with Crippen LogP contribution in [-0.2, 0) is 0 Å². The van der Waals surface area contributed by atoms with E-state index in [0.29, 0.717) is 6.04 Å². The highest BCUT2D eigenvalue weighted by Gasteiger charge is 2.31. The molecular weight excluding hydrogens is 286 g/mol. The number of halogens is 1. The molecule has 3 unspecified atom stereocenters. The van der Waals surface area contributed by atoms with Crippen LogP contribution in [0.2, 0.25) is 0 Å². The van der Waals surface area contributed by atoms with Crippen LogP contribution >= 0.6 is 15.9 Å². The number of aryl methyl sites for hydroxylation is 2. The molecule has 1 fully saturated rings. The number of benzene rings is 1. The fourth-order valence-electron chi connectivity index (χ4n) is 3.41. The first kappa shape index (κ1) is 14.1. The summed E-state index contributed by atoms with van der Waals surface area (Å²) in [4.78, 5) is 0. The Morgan fingerprint density at radius 3 is 2.50 bits per heavy atom. The van der Waals surface area contributed by atoms with Gasteiger partial charge in [-0.1, -0.05) is 41.8 Å². The molecule has 1 nitrogen and oxygen atoms in total. The van der Waals surface area contributed by atoms with Crippen LogP contribution in [0.25, 0.3) is 0 Å². The average Bonchev–Trinajstić information content (AvgIpc) is 2.73. The van der Waals surface area contributed by atoms with Crippen molar-refractivity contribution in [1.82, 2.24) is 5.32 Å². The van der Waals surface area contributed by atoms with E-state index in [0.717, 1.165) is 11.8 Å². The third-order valence-electron chi connectivity index (χ3n) is 4.55. The number of hydrogen-bond donors (Lipinski definition) is 1. The summed E-state index contributed by atoms with van der Waals surface area (Å²) in [7, 11) is 2.10. The molecule has 1 saturated carbocycles. The smallest absolute Gasteiger partial charge is 0.0351 e. The minimum absolute atomic E-state index is 0.509. The summed E-state index contributed by atoms with van der Waals surface area (Å²) >= 11 is 3.63. The van der Waals surface area contributed by atoms with Gasteiger partial charge in [0, 0.05) is 10.5 Å². The Balaban J connectivity index is 2.35. The molecule has 1 aromatic carbocycles. The third kappa shape index (κ3) is 2.65. The fraction of sp³-hybridized carbons (Fsp3) is 0.625. The molecule has 0 bridgehead atoms. The summed E-state index contributed by atoms with van der Waals surface area (Å²) < 4.78 is 1.22. The highest BCUT2D eigenvalue weighted by molar-refractivity contribution is 9.10. The van der Waals surface area contributed by atoms with E-state index in [4.69, 9.17) is 0 Å². The number of rotatable bonds is 3. The first-order valence-electron chi connectivity index (χ1n) is 6.98. The molecule has 0 radical (unpaired) electrons. The third-order valence-corrected chi connectivity index (χ3v) is 5.40. The van der Waals surface area contributed by atoms with Crippen molar-refractivity contribution in [1.29, 1.82) is 0 Å². The summed E-state index contributed by atoms with van der Waals surface area (Å²) in [5.74, 6) is 1.63. The average molecular weight is 310 g/mol. The molecule has 3 atom stereocenters. The van der Waals surface area contributed by atoms with Crippen molar-refractivity contribution in [3.8, 4) is 0 Å². The monoisotopic (exact) mass is 309 g/mol. The van der Waals surface area contributed by atoms with E-state index in [1.54, 1.807) is 0 Å². The van der Waals surface area contributed by atoms with E-state index in [9.17, 15) is 0 Å². The van der Waals surface area contributed by atoms with Crippen LogP contribution in [0.5, 0.6) is 0 Å². The van der Waals surface area contributed by atoms with Crippen molar-refractivity contribution in [2.75, 3.05) is 7.05 Å². The Kier molecular flexibility index (Phi) is 4.50. The van der Waals surface area contributed by atoms with E-state index in [1.807, 2.05) is 0 Å². The highest BCUT2D eigenvalue weighted by Crippen LogP contribution is 2.41. The lowest BCUT2D eigenvalue weighted by Crippen LogP contribution is -2.27. The molecule has 1 N–H and O–H groups in total. The van der Waals surface area contributed by atoms with E-state index < -0.39 is 0 Å². The van der Waals surface area contributed by atoms with E-state index in [2.05, 4.69) is 61.2 Å². The number of hydrogen-bond acceptors (Lipinski definition) is 1. The molecule has 1 aliphatic carbocycles. The normalized spacial score (nSPS) is 25.4. The molecule has 1 aromatic rings. The Labute approximate surface area is 119 Å². The minimum Gasteiger partial charge on any atom is -0.313 e. The predicted octanol–water partition coefficient (Wildman–Crippen LogP) is 4.76. The highest BCUT2D eigenvalue weighted by atomic mass is 79.9. The molecule has 100 valence electrons. The van der Waals surface area contributed by atoms with Gasteiger partial charge < -0.3 is 5.32 Å². The Morgan fingerprint density at radius 2 is 1.94 bits per heavy atom. The lowest BCUT2D eigenvalue weighted by molar-refractivity contribution is 0.314. The van der Waals surface area contributed by atoms with Crippen molar-refractivity contribution in [2.24, 2.45) is 11.8 Å². The van der Waals surface area contributed by atoms with Gasteiger partial charge in [-0.2, -0.15) is 0 Å². The van der Waals surface area contributed by atoms with E-state index in [1.165, 1.54) is 40.4 Å². The summed E-state index contributed by atoms with van der Waals surface area (Å²) in [5, 5.41) is 3.56. The second-order valence-corrected chi connectivity index (χ2v) is 6.65. The summed E-state index contributed by atoms with van der Waals surface area (Å²) in [5.41, 5.74) is 4.21. The van der Waals surface area contributed by atoms with Gasteiger partial charge in [-0.05, 0) is 61.9 Å². The van der Waals surface area contributed by atoms with Gasteiger partial charge in [0.2, 0.25) is 0 Å². The fourth-order valence-corrected chi connectivity index (χ4v) is 3.87. The zero-order valence-electron chi connectivity index (χ0n) is 11.9. The van der Waals surface area contributed by atoms with Crippen LogP contribution in [0.15, 0.2) is 16.6 Å². The van der Waals surface area contributed by atoms with Crippen molar-refractivity contribution in [3.05, 3.63) is 33.3 Å². The first-order valence-corrected chi connectivity index (χ1v) is 7.77. The van der Waals surface area contributed by atoms with E-state index >= 15 is 0 Å². The Morgan fingerprint density at radius 1 is 1.22 bits per heavy atom. The lowest BCUT2D eigenvalue weighted by atomic mass is 9.84. The van der Waals surface area contributed by atoms with Crippen molar-refractivity contribution < 1.29 is 0 Å². The van der Waals surface area contributed by atoms with Crippen LogP contribution in [0, 0.1) is 25.7 Å². The van der Waals surface area contributed by atoms with Crippen molar-refractivity contribution >= 4 is 15.9 Å². The van der Waals surface area contributed by atoms with Gasteiger partial charge in [0.05, 0.1) is 0 Å². The summed E-state index contributed by atoms with van der Waals surface area (Å²) in [6, 6.07) is 5.12. The molecule has 0 aliphatic heterocycles. The van der Waals surface area contributed by atoms with Gasteiger partial charge in [-0.3, -0.25) is 0 Å². The topological polar surface area (TPSA) is 12.0 Å². The maximum absolute atomic E-state index is 3.63. The van der Waals surface area contributed by atoms with Crippen molar-refractivity contribution in [3.63, 3.8) is 0 Å². The van der Waals surface area contributed by atoms with Crippen LogP contribution in [-0.4, -0.2) is 7.05 Å². The zero-order valence-corrected chi connectivity index (χ0v) is 13.5. The van der Waals surface area contributed by atoms with Gasteiger partial charge in [0.25, 0.3) is 0 Å². The minimum atomic E-state index is 0.509. The molecule has 2 rings (SSSR count). The SMILES string of the molecule is CNC(c1cc(C)c(Br)cc1C)C1CCCC1C. The summed E-state index contributed by atoms with van der Waals surface area (Å²) in [6.45, 7) is 6.81. The number of nitrogens with one attached hydrogen (secondary N) is 1. The van der Waals surface area contributed by atoms with E-state index in [-0.39, 0.29) is 0 Å². The molecule has 0 spiro atoms. The second-order valence-electron chi connectivity index (χ2n) is 5.80. The Bertz CT molecular complexity index is 427.